The second-order valence-corrected chi connectivity index (χ2v) is 8.37. The first-order valence-electron chi connectivity index (χ1n) is 8.89. The second-order valence-electron chi connectivity index (χ2n) is 6.51. The number of nitrogens with zero attached hydrogens (tertiary/aromatic N) is 2. The van der Waals surface area contributed by atoms with Gasteiger partial charge >= 0.3 is 0 Å². The Morgan fingerprint density at radius 1 is 1.03 bits per heavy atom. The van der Waals surface area contributed by atoms with Gasteiger partial charge in [0.1, 0.15) is 6.54 Å². The average Bonchev–Trinajstić information content (AvgIpc) is 3.10. The van der Waals surface area contributed by atoms with Crippen molar-refractivity contribution in [2.45, 2.75) is 4.90 Å². The summed E-state index contributed by atoms with van der Waals surface area (Å²) in [5.41, 5.74) is 6.59. The van der Waals surface area contributed by atoms with Crippen molar-refractivity contribution in [3.05, 3.63) is 42.6 Å². The van der Waals surface area contributed by atoms with Crippen molar-refractivity contribution in [1.82, 2.24) is 4.57 Å². The fourth-order valence-electron chi connectivity index (χ4n) is 3.21. The van der Waals surface area contributed by atoms with Crippen molar-refractivity contribution in [2.75, 3.05) is 32.2 Å². The molecule has 0 aliphatic carbocycles. The van der Waals surface area contributed by atoms with Gasteiger partial charge in [-0.3, -0.25) is 9.10 Å². The van der Waals surface area contributed by atoms with Crippen LogP contribution in [-0.2, 0) is 21.9 Å². The Balaban J connectivity index is 2.18. The van der Waals surface area contributed by atoms with Crippen LogP contribution in [0.5, 0.6) is 17.2 Å². The van der Waals surface area contributed by atoms with Gasteiger partial charge in [0.05, 0.1) is 31.9 Å². The molecule has 3 rings (SSSR count). The molecule has 10 heteroatoms. The van der Waals surface area contributed by atoms with Gasteiger partial charge in [0.25, 0.3) is 10.0 Å². The SMILES string of the molecule is COc1cc(S(=O)(=O)N(CC(N)=O)c2ccc3c(ccn3C)c2)cc(OC)c1OC. The number of aryl methyl sites for hydroxylation is 1. The molecule has 9 nitrogen and oxygen atoms in total. The lowest BCUT2D eigenvalue weighted by atomic mass is 10.2. The van der Waals surface area contributed by atoms with E-state index in [1.807, 2.05) is 23.9 Å². The van der Waals surface area contributed by atoms with Gasteiger partial charge in [0.15, 0.2) is 11.5 Å². The van der Waals surface area contributed by atoms with E-state index in [-0.39, 0.29) is 22.1 Å². The largest absolute Gasteiger partial charge is 0.493 e. The van der Waals surface area contributed by atoms with Gasteiger partial charge in [-0.15, -0.1) is 0 Å². The Morgan fingerprint density at radius 2 is 1.67 bits per heavy atom. The first-order chi connectivity index (χ1) is 14.2. The number of sulfonamides is 1. The van der Waals surface area contributed by atoms with Crippen LogP contribution in [0.3, 0.4) is 0 Å². The molecule has 0 radical (unpaired) electrons. The topological polar surface area (TPSA) is 113 Å². The number of methoxy groups -OCH3 is 3. The molecule has 3 aromatic rings. The van der Waals surface area contributed by atoms with E-state index < -0.39 is 22.5 Å². The van der Waals surface area contributed by atoms with Crippen LogP contribution in [0.1, 0.15) is 0 Å². The second kappa shape index (κ2) is 8.15. The summed E-state index contributed by atoms with van der Waals surface area (Å²) in [7, 11) is 1.89. The van der Waals surface area contributed by atoms with Crippen molar-refractivity contribution in [2.24, 2.45) is 12.8 Å². The van der Waals surface area contributed by atoms with Crippen LogP contribution in [0.15, 0.2) is 47.5 Å². The Kier molecular flexibility index (Phi) is 5.79. The van der Waals surface area contributed by atoms with Crippen LogP contribution in [0.4, 0.5) is 5.69 Å². The molecule has 0 aliphatic heterocycles. The zero-order valence-electron chi connectivity index (χ0n) is 17.1. The number of amides is 1. The predicted octanol–water partition coefficient (Wildman–Crippen LogP) is 1.88. The highest BCUT2D eigenvalue weighted by molar-refractivity contribution is 7.92. The first kappa shape index (κ1) is 21.3. The zero-order valence-corrected chi connectivity index (χ0v) is 17.9. The molecule has 0 fully saturated rings. The minimum atomic E-state index is -4.19. The lowest BCUT2D eigenvalue weighted by Gasteiger charge is -2.24. The van der Waals surface area contributed by atoms with E-state index in [2.05, 4.69) is 0 Å². The Labute approximate surface area is 174 Å². The maximum Gasteiger partial charge on any atom is 0.265 e. The number of anilines is 1. The number of hydrogen-bond donors (Lipinski definition) is 1. The fourth-order valence-corrected chi connectivity index (χ4v) is 4.67. The average molecular weight is 433 g/mol. The number of ether oxygens (including phenoxy) is 3. The lowest BCUT2D eigenvalue weighted by Crippen LogP contribution is -2.38. The van der Waals surface area contributed by atoms with Crippen molar-refractivity contribution in [1.29, 1.82) is 0 Å². The third-order valence-corrected chi connectivity index (χ3v) is 6.43. The fraction of sp³-hybridized carbons (Fsp3) is 0.250. The number of aromatic nitrogens is 1. The lowest BCUT2D eigenvalue weighted by molar-refractivity contribution is -0.116. The van der Waals surface area contributed by atoms with Crippen LogP contribution >= 0.6 is 0 Å². The molecule has 0 saturated carbocycles. The third-order valence-electron chi connectivity index (χ3n) is 4.68. The number of carbonyl (C=O) groups is 1. The van der Waals surface area contributed by atoms with E-state index in [1.165, 1.54) is 33.5 Å². The molecule has 0 unspecified atom stereocenters. The molecule has 1 aromatic heterocycles. The highest BCUT2D eigenvalue weighted by Gasteiger charge is 2.29. The molecule has 1 heterocycles. The van der Waals surface area contributed by atoms with E-state index >= 15 is 0 Å². The normalized spacial score (nSPS) is 11.3. The van der Waals surface area contributed by atoms with Gasteiger partial charge in [-0.05, 0) is 24.3 Å². The monoisotopic (exact) mass is 433 g/mol. The van der Waals surface area contributed by atoms with Crippen molar-refractivity contribution >= 4 is 32.5 Å². The molecule has 0 atom stereocenters. The number of primary amides is 1. The van der Waals surface area contributed by atoms with Gasteiger partial charge < -0.3 is 24.5 Å². The predicted molar refractivity (Wildman–Crippen MR) is 113 cm³/mol. The van der Waals surface area contributed by atoms with E-state index in [0.29, 0.717) is 5.69 Å². The first-order valence-corrected chi connectivity index (χ1v) is 10.3. The number of rotatable bonds is 8. The Bertz CT molecular complexity index is 1180. The van der Waals surface area contributed by atoms with Crippen molar-refractivity contribution in [3.8, 4) is 17.2 Å². The summed E-state index contributed by atoms with van der Waals surface area (Å²) in [5.74, 6) is -0.189. The zero-order chi connectivity index (χ0) is 22.1. The summed E-state index contributed by atoms with van der Waals surface area (Å²) in [6.45, 7) is -0.530. The van der Waals surface area contributed by atoms with Crippen LogP contribution in [-0.4, -0.2) is 46.8 Å². The van der Waals surface area contributed by atoms with Gasteiger partial charge in [-0.1, -0.05) is 0 Å². The highest BCUT2D eigenvalue weighted by Crippen LogP contribution is 2.40. The highest BCUT2D eigenvalue weighted by atomic mass is 32.2. The summed E-state index contributed by atoms with van der Waals surface area (Å²) in [6.07, 6.45) is 1.86. The maximum absolute atomic E-state index is 13.5. The third kappa shape index (κ3) is 3.73. The quantitative estimate of drug-likeness (QED) is 0.580. The maximum atomic E-state index is 13.5. The molecule has 0 aliphatic rings. The summed E-state index contributed by atoms with van der Waals surface area (Å²) in [4.78, 5) is 11.6. The summed E-state index contributed by atoms with van der Waals surface area (Å²) in [5, 5.41) is 0.824. The molecule has 2 N–H and O–H groups in total. The standard InChI is InChI=1S/C20H23N3O6S/c1-22-8-7-13-9-14(5-6-16(13)22)23(12-19(21)24)30(25,26)15-10-17(27-2)20(29-4)18(11-15)28-3/h5-11H,12H2,1-4H3,(H2,21,24). The number of benzene rings is 2. The minimum Gasteiger partial charge on any atom is -0.493 e. The van der Waals surface area contributed by atoms with Gasteiger partial charge in [0.2, 0.25) is 11.7 Å². The van der Waals surface area contributed by atoms with Crippen molar-refractivity contribution in [3.63, 3.8) is 0 Å². The number of nitrogens with two attached hydrogens (primary N) is 1. The molecule has 0 spiro atoms. The van der Waals surface area contributed by atoms with Crippen LogP contribution in [0.2, 0.25) is 0 Å². The summed E-state index contributed by atoms with van der Waals surface area (Å²) < 4.78 is 45.7. The number of fused-ring (bicyclic) bond motifs is 1. The molecule has 0 bridgehead atoms. The van der Waals surface area contributed by atoms with Gasteiger partial charge in [-0.25, -0.2) is 8.42 Å². The summed E-state index contributed by atoms with van der Waals surface area (Å²) >= 11 is 0. The van der Waals surface area contributed by atoms with E-state index in [4.69, 9.17) is 19.9 Å². The van der Waals surface area contributed by atoms with Gasteiger partial charge in [0, 0.05) is 36.3 Å². The molecule has 160 valence electrons. The summed E-state index contributed by atoms with van der Waals surface area (Å²) in [6, 6.07) is 9.57. The van der Waals surface area contributed by atoms with E-state index in [0.717, 1.165) is 15.2 Å². The van der Waals surface area contributed by atoms with Crippen LogP contribution in [0.25, 0.3) is 10.9 Å². The number of carbonyl (C=O) groups excluding carboxylic acids is 1. The van der Waals surface area contributed by atoms with Crippen LogP contribution in [0, 0.1) is 0 Å². The molecular formula is C20H23N3O6S. The van der Waals surface area contributed by atoms with Gasteiger partial charge in [-0.2, -0.15) is 0 Å². The van der Waals surface area contributed by atoms with E-state index in [1.54, 1.807) is 18.2 Å². The molecule has 0 saturated heterocycles. The molecule has 2 aromatic carbocycles. The molecule has 1 amide bonds. The number of hydrogen-bond acceptors (Lipinski definition) is 6. The molecule has 30 heavy (non-hydrogen) atoms. The molecular weight excluding hydrogens is 410 g/mol. The van der Waals surface area contributed by atoms with Crippen LogP contribution < -0.4 is 24.2 Å². The Hall–Kier alpha value is -3.40. The van der Waals surface area contributed by atoms with Crippen molar-refractivity contribution < 1.29 is 27.4 Å². The van der Waals surface area contributed by atoms with E-state index in [9.17, 15) is 13.2 Å². The smallest absolute Gasteiger partial charge is 0.265 e. The Morgan fingerprint density at radius 3 is 2.20 bits per heavy atom. The minimum absolute atomic E-state index is 0.133.